The lowest BCUT2D eigenvalue weighted by molar-refractivity contribution is -0.124. The Morgan fingerprint density at radius 3 is 3.00 bits per heavy atom. The van der Waals surface area contributed by atoms with Gasteiger partial charge in [0.05, 0.1) is 0 Å². The van der Waals surface area contributed by atoms with E-state index in [4.69, 9.17) is 0 Å². The van der Waals surface area contributed by atoms with Crippen LogP contribution >= 0.6 is 11.3 Å². The van der Waals surface area contributed by atoms with Gasteiger partial charge < -0.3 is 10.6 Å². The molecule has 7 nitrogen and oxygen atoms in total. The van der Waals surface area contributed by atoms with Crippen LogP contribution in [-0.2, 0) is 4.79 Å². The normalized spacial score (nSPS) is 19.6. The Morgan fingerprint density at radius 2 is 2.35 bits per heavy atom. The van der Waals surface area contributed by atoms with E-state index in [-0.39, 0.29) is 5.91 Å². The van der Waals surface area contributed by atoms with Crippen molar-refractivity contribution in [3.05, 3.63) is 5.01 Å². The number of amides is 3. The van der Waals surface area contributed by atoms with E-state index in [1.165, 1.54) is 11.3 Å². The first-order valence-corrected chi connectivity index (χ1v) is 6.12. The average Bonchev–Trinajstić information content (AvgIpc) is 2.67. The van der Waals surface area contributed by atoms with Crippen molar-refractivity contribution < 1.29 is 9.59 Å². The minimum absolute atomic E-state index is 0.139. The van der Waals surface area contributed by atoms with Gasteiger partial charge in [0.15, 0.2) is 0 Å². The molecule has 0 unspecified atom stereocenters. The maximum atomic E-state index is 11.6. The summed E-state index contributed by atoms with van der Waals surface area (Å²) in [5.74, 6) is -0.139. The molecule has 17 heavy (non-hydrogen) atoms. The SMILES string of the molecule is Cc1nnc(NC(=O)N[C@@H]2CCCNC2=O)s1. The van der Waals surface area contributed by atoms with Crippen LogP contribution in [0.5, 0.6) is 0 Å². The topological polar surface area (TPSA) is 96.0 Å². The third-order valence-electron chi connectivity index (χ3n) is 2.34. The molecule has 92 valence electrons. The molecule has 2 rings (SSSR count). The zero-order valence-corrected chi connectivity index (χ0v) is 10.1. The number of aromatic nitrogens is 2. The van der Waals surface area contributed by atoms with Crippen LogP contribution in [0.25, 0.3) is 0 Å². The van der Waals surface area contributed by atoms with Gasteiger partial charge in [-0.15, -0.1) is 10.2 Å². The number of rotatable bonds is 2. The highest BCUT2D eigenvalue weighted by Gasteiger charge is 2.23. The number of hydrogen-bond acceptors (Lipinski definition) is 5. The maximum Gasteiger partial charge on any atom is 0.321 e. The van der Waals surface area contributed by atoms with Crippen LogP contribution in [-0.4, -0.2) is 34.7 Å². The van der Waals surface area contributed by atoms with E-state index in [1.54, 1.807) is 6.92 Å². The number of nitrogens with zero attached hydrogens (tertiary/aromatic N) is 2. The molecule has 0 radical (unpaired) electrons. The number of carbonyl (C=O) groups is 2. The lowest BCUT2D eigenvalue weighted by atomic mass is 10.1. The number of aryl methyl sites for hydroxylation is 1. The third kappa shape index (κ3) is 3.13. The molecule has 0 aliphatic carbocycles. The molecular formula is C9H13N5O2S. The van der Waals surface area contributed by atoms with Crippen LogP contribution in [0.4, 0.5) is 9.93 Å². The number of carbonyl (C=O) groups excluding carboxylic acids is 2. The fourth-order valence-corrected chi connectivity index (χ4v) is 2.14. The Balaban J connectivity index is 1.86. The molecule has 2 heterocycles. The van der Waals surface area contributed by atoms with Crippen LogP contribution in [0.3, 0.4) is 0 Å². The number of anilines is 1. The summed E-state index contributed by atoms with van der Waals surface area (Å²) >= 11 is 1.28. The third-order valence-corrected chi connectivity index (χ3v) is 3.09. The fraction of sp³-hybridized carbons (Fsp3) is 0.556. The van der Waals surface area contributed by atoms with Gasteiger partial charge in [-0.1, -0.05) is 11.3 Å². The monoisotopic (exact) mass is 255 g/mol. The molecule has 8 heteroatoms. The molecule has 1 aliphatic rings. The largest absolute Gasteiger partial charge is 0.354 e. The number of nitrogens with one attached hydrogen (secondary N) is 3. The van der Waals surface area contributed by atoms with Crippen molar-refractivity contribution in [2.75, 3.05) is 11.9 Å². The molecule has 1 aromatic rings. The van der Waals surface area contributed by atoms with E-state index < -0.39 is 12.1 Å². The summed E-state index contributed by atoms with van der Waals surface area (Å²) in [7, 11) is 0. The van der Waals surface area contributed by atoms with Crippen molar-refractivity contribution in [3.63, 3.8) is 0 Å². The first-order valence-electron chi connectivity index (χ1n) is 5.30. The molecule has 3 amide bonds. The zero-order valence-electron chi connectivity index (χ0n) is 9.32. The van der Waals surface area contributed by atoms with E-state index in [2.05, 4.69) is 26.1 Å². The first-order chi connectivity index (χ1) is 8.15. The molecule has 0 aromatic carbocycles. The summed E-state index contributed by atoms with van der Waals surface area (Å²) in [6, 6.07) is -0.888. The number of hydrogen-bond donors (Lipinski definition) is 3. The number of piperidine rings is 1. The second kappa shape index (κ2) is 5.09. The Bertz CT molecular complexity index is 433. The van der Waals surface area contributed by atoms with Gasteiger partial charge in [-0.25, -0.2) is 4.79 Å². The molecule has 0 saturated carbocycles. The standard InChI is InChI=1S/C9H13N5O2S/c1-5-13-14-9(17-5)12-8(16)11-6-3-2-4-10-7(6)15/h6H,2-4H2,1H3,(H,10,15)(H2,11,12,14,16)/t6-/m1/s1. The van der Waals surface area contributed by atoms with Gasteiger partial charge in [-0.3, -0.25) is 10.1 Å². The van der Waals surface area contributed by atoms with Gasteiger partial charge in [0.25, 0.3) is 0 Å². The molecule has 1 saturated heterocycles. The lowest BCUT2D eigenvalue weighted by Gasteiger charge is -2.22. The zero-order chi connectivity index (χ0) is 12.3. The van der Waals surface area contributed by atoms with Gasteiger partial charge >= 0.3 is 6.03 Å². The molecule has 1 atom stereocenters. The summed E-state index contributed by atoms with van der Waals surface area (Å²) in [6.45, 7) is 2.48. The summed E-state index contributed by atoms with van der Waals surface area (Å²) in [5, 5.41) is 16.6. The summed E-state index contributed by atoms with van der Waals surface area (Å²) in [5.41, 5.74) is 0. The Labute approximate surface area is 102 Å². The van der Waals surface area contributed by atoms with E-state index in [9.17, 15) is 9.59 Å². The van der Waals surface area contributed by atoms with Crippen molar-refractivity contribution in [3.8, 4) is 0 Å². The minimum Gasteiger partial charge on any atom is -0.354 e. The highest BCUT2D eigenvalue weighted by Crippen LogP contribution is 2.13. The Hall–Kier alpha value is -1.70. The molecule has 0 bridgehead atoms. The predicted molar refractivity (Wildman–Crippen MR) is 62.8 cm³/mol. The Kier molecular flexibility index (Phi) is 3.52. The summed E-state index contributed by atoms with van der Waals surface area (Å²) < 4.78 is 0. The smallest absolute Gasteiger partial charge is 0.321 e. The van der Waals surface area contributed by atoms with Gasteiger partial charge in [-0.2, -0.15) is 0 Å². The maximum absolute atomic E-state index is 11.6. The van der Waals surface area contributed by atoms with Crippen molar-refractivity contribution >= 4 is 28.4 Å². The van der Waals surface area contributed by atoms with Gasteiger partial charge in [0.2, 0.25) is 11.0 Å². The van der Waals surface area contributed by atoms with Crippen LogP contribution in [0.2, 0.25) is 0 Å². The number of urea groups is 1. The molecule has 0 spiro atoms. The van der Waals surface area contributed by atoms with Crippen molar-refractivity contribution in [2.24, 2.45) is 0 Å². The summed E-state index contributed by atoms with van der Waals surface area (Å²) in [6.07, 6.45) is 1.53. The second-order valence-corrected chi connectivity index (χ2v) is 4.89. The highest BCUT2D eigenvalue weighted by atomic mass is 32.1. The fourth-order valence-electron chi connectivity index (χ4n) is 1.55. The lowest BCUT2D eigenvalue weighted by Crippen LogP contribution is -2.51. The second-order valence-electron chi connectivity index (χ2n) is 3.71. The van der Waals surface area contributed by atoms with E-state index in [0.717, 1.165) is 11.4 Å². The van der Waals surface area contributed by atoms with Crippen molar-refractivity contribution in [2.45, 2.75) is 25.8 Å². The average molecular weight is 255 g/mol. The van der Waals surface area contributed by atoms with Crippen LogP contribution in [0, 0.1) is 6.92 Å². The highest BCUT2D eigenvalue weighted by molar-refractivity contribution is 7.15. The summed E-state index contributed by atoms with van der Waals surface area (Å²) in [4.78, 5) is 23.0. The van der Waals surface area contributed by atoms with Gasteiger partial charge in [0, 0.05) is 6.54 Å². The first kappa shape index (κ1) is 11.8. The van der Waals surface area contributed by atoms with Crippen molar-refractivity contribution in [1.29, 1.82) is 0 Å². The van der Waals surface area contributed by atoms with Crippen LogP contribution < -0.4 is 16.0 Å². The van der Waals surface area contributed by atoms with Gasteiger partial charge in [-0.05, 0) is 19.8 Å². The molecule has 1 aromatic heterocycles. The van der Waals surface area contributed by atoms with Crippen LogP contribution in [0.1, 0.15) is 17.8 Å². The molecule has 1 aliphatic heterocycles. The molecular weight excluding hydrogens is 242 g/mol. The van der Waals surface area contributed by atoms with E-state index >= 15 is 0 Å². The quantitative estimate of drug-likeness (QED) is 0.705. The predicted octanol–water partition coefficient (Wildman–Crippen LogP) is 0.247. The Morgan fingerprint density at radius 1 is 1.53 bits per heavy atom. The van der Waals surface area contributed by atoms with Gasteiger partial charge in [0.1, 0.15) is 11.0 Å². The minimum atomic E-state index is -0.460. The molecule has 3 N–H and O–H groups in total. The van der Waals surface area contributed by atoms with E-state index in [0.29, 0.717) is 18.1 Å². The van der Waals surface area contributed by atoms with E-state index in [1.807, 2.05) is 0 Å². The molecule has 1 fully saturated rings. The van der Waals surface area contributed by atoms with Crippen LogP contribution in [0.15, 0.2) is 0 Å². The van der Waals surface area contributed by atoms with Crippen molar-refractivity contribution in [1.82, 2.24) is 20.8 Å².